The van der Waals surface area contributed by atoms with E-state index in [1.807, 2.05) is 79.5 Å². The molecule has 8 aliphatic rings. The van der Waals surface area contributed by atoms with Gasteiger partial charge >= 0.3 is 0 Å². The van der Waals surface area contributed by atoms with Gasteiger partial charge in [-0.1, -0.05) is 19.1 Å². The number of fused-ring (bicyclic) bond motifs is 3. The Morgan fingerprint density at radius 2 is 0.963 bits per heavy atom. The van der Waals surface area contributed by atoms with E-state index in [0.29, 0.717) is 51.4 Å². The SMILES string of the molecule is CC[C@@]1(O)C[C@H](OC2CC(N(C)C)C(OC3CCC(OC4CCC(O)C(C)O4)C(C)O3)C(C)O2)c2c(O)c3c(c(O)c2[C@H]1OC1CC(N(C)C)C(OC2CCC(OC4CCC(O)C(C)O4)C(C)O2)C(C)O1)C(=O)c1cccc(O)c1C3=O. The highest BCUT2D eigenvalue weighted by Crippen LogP contribution is 2.58. The highest BCUT2D eigenvalue weighted by Gasteiger charge is 2.55. The summed E-state index contributed by atoms with van der Waals surface area (Å²) in [5, 5.41) is 69.7. The number of nitrogens with zero attached hydrogens (tertiary/aromatic N) is 2. The predicted molar refractivity (Wildman–Crippen MR) is 291 cm³/mol. The van der Waals surface area contributed by atoms with E-state index in [4.69, 9.17) is 56.8 Å². The Morgan fingerprint density at radius 3 is 1.44 bits per heavy atom. The molecule has 23 atom stereocenters. The summed E-state index contributed by atoms with van der Waals surface area (Å²) >= 11 is 0. The number of aromatic hydroxyl groups is 3. The minimum atomic E-state index is -1.85. The molecule has 6 fully saturated rings. The Bertz CT molecular complexity index is 2590. The maximum Gasteiger partial charge on any atom is 0.202 e. The van der Waals surface area contributed by atoms with Crippen molar-refractivity contribution >= 4 is 11.6 Å². The smallest absolute Gasteiger partial charge is 0.202 e. The van der Waals surface area contributed by atoms with Gasteiger partial charge in [0.2, 0.25) is 5.78 Å². The lowest BCUT2D eigenvalue weighted by atomic mass is 9.70. The zero-order valence-electron chi connectivity index (χ0n) is 49.2. The van der Waals surface area contributed by atoms with Crippen LogP contribution in [0.4, 0.5) is 0 Å². The van der Waals surface area contributed by atoms with E-state index >= 15 is 0 Å². The Hall–Kier alpha value is -3.50. The third kappa shape index (κ3) is 12.3. The van der Waals surface area contributed by atoms with Crippen LogP contribution in [0.2, 0.25) is 0 Å². The van der Waals surface area contributed by atoms with Crippen molar-refractivity contribution in [3.8, 4) is 17.2 Å². The fraction of sp³-hybridized carbons (Fsp3) is 0.767. The predicted octanol–water partition coefficient (Wildman–Crippen LogP) is 5.73. The molecule has 0 bridgehead atoms. The molecular formula is C60H88N2O20. The van der Waals surface area contributed by atoms with Crippen LogP contribution in [0.3, 0.4) is 0 Å². The van der Waals surface area contributed by atoms with Gasteiger partial charge in [-0.2, -0.15) is 0 Å². The molecule has 22 heteroatoms. The van der Waals surface area contributed by atoms with Crippen molar-refractivity contribution in [1.29, 1.82) is 0 Å². The van der Waals surface area contributed by atoms with E-state index in [9.17, 15) is 40.2 Å². The molecule has 458 valence electrons. The molecule has 6 heterocycles. The van der Waals surface area contributed by atoms with E-state index in [2.05, 4.69) is 0 Å². The maximum atomic E-state index is 14.5. The van der Waals surface area contributed by atoms with Crippen LogP contribution in [-0.4, -0.2) is 209 Å². The molecule has 20 unspecified atom stereocenters. The maximum absolute atomic E-state index is 14.5. The van der Waals surface area contributed by atoms with Crippen LogP contribution in [0.1, 0.15) is 181 Å². The molecular weight excluding hydrogens is 1070 g/mol. The van der Waals surface area contributed by atoms with Gasteiger partial charge in [0.15, 0.2) is 43.5 Å². The number of hydrogen-bond donors (Lipinski definition) is 6. The lowest BCUT2D eigenvalue weighted by Crippen LogP contribution is -2.57. The number of benzene rings is 2. The second-order valence-electron chi connectivity index (χ2n) is 24.6. The Morgan fingerprint density at radius 1 is 0.524 bits per heavy atom. The van der Waals surface area contributed by atoms with Gasteiger partial charge in [0.1, 0.15) is 35.6 Å². The minimum Gasteiger partial charge on any atom is -0.507 e. The number of ketones is 2. The van der Waals surface area contributed by atoms with Gasteiger partial charge in [-0.15, -0.1) is 0 Å². The number of hydrogen-bond acceptors (Lipinski definition) is 22. The molecule has 2 aromatic carbocycles. The molecule has 22 nitrogen and oxygen atoms in total. The summed E-state index contributed by atoms with van der Waals surface area (Å²) in [4.78, 5) is 33.1. The summed E-state index contributed by atoms with van der Waals surface area (Å²) in [7, 11) is 7.69. The molecule has 82 heavy (non-hydrogen) atoms. The lowest BCUT2D eigenvalue weighted by Gasteiger charge is -2.50. The Kier molecular flexibility index (Phi) is 18.8. The lowest BCUT2D eigenvalue weighted by molar-refractivity contribution is -0.324. The van der Waals surface area contributed by atoms with Crippen LogP contribution in [0, 0.1) is 0 Å². The fourth-order valence-electron chi connectivity index (χ4n) is 13.7. The molecule has 6 N–H and O–H groups in total. The van der Waals surface area contributed by atoms with Gasteiger partial charge in [0.25, 0.3) is 0 Å². The van der Waals surface area contributed by atoms with E-state index < -0.39 is 132 Å². The summed E-state index contributed by atoms with van der Waals surface area (Å²) in [6.07, 6.45) is -6.74. The van der Waals surface area contributed by atoms with Gasteiger partial charge in [-0.05, 0) is 108 Å². The van der Waals surface area contributed by atoms with Crippen molar-refractivity contribution in [3.05, 3.63) is 51.6 Å². The van der Waals surface area contributed by atoms with Crippen LogP contribution in [0.25, 0.3) is 0 Å². The first-order valence-corrected chi connectivity index (χ1v) is 29.7. The first-order chi connectivity index (χ1) is 38.9. The van der Waals surface area contributed by atoms with Crippen molar-refractivity contribution in [2.75, 3.05) is 28.2 Å². The van der Waals surface area contributed by atoms with Crippen molar-refractivity contribution in [3.63, 3.8) is 0 Å². The largest absolute Gasteiger partial charge is 0.507 e. The van der Waals surface area contributed by atoms with Crippen molar-refractivity contribution in [1.82, 2.24) is 9.80 Å². The summed E-state index contributed by atoms with van der Waals surface area (Å²) in [5.41, 5.74) is -3.57. The molecule has 6 aliphatic heterocycles. The molecule has 0 aromatic heterocycles. The van der Waals surface area contributed by atoms with Gasteiger partial charge < -0.3 is 97.3 Å². The average molecular weight is 1160 g/mol. The topological polar surface area (TPSA) is 273 Å². The summed E-state index contributed by atoms with van der Waals surface area (Å²) in [6.45, 7) is 13.0. The van der Waals surface area contributed by atoms with Crippen molar-refractivity contribution in [2.45, 2.75) is 266 Å². The van der Waals surface area contributed by atoms with E-state index in [-0.39, 0.29) is 96.6 Å². The fourth-order valence-corrected chi connectivity index (χ4v) is 13.7. The van der Waals surface area contributed by atoms with Gasteiger partial charge in [-0.25, -0.2) is 0 Å². The van der Waals surface area contributed by atoms with E-state index in [1.54, 1.807) is 6.92 Å². The molecule has 2 aromatic rings. The number of ether oxygens (including phenoxy) is 12. The normalized spacial score (nSPS) is 41.8. The zero-order chi connectivity index (χ0) is 58.8. The van der Waals surface area contributed by atoms with Crippen LogP contribution in [0.15, 0.2) is 18.2 Å². The summed E-state index contributed by atoms with van der Waals surface area (Å²) in [6, 6.07) is 3.42. The molecule has 10 rings (SSSR count). The van der Waals surface area contributed by atoms with E-state index in [1.165, 1.54) is 18.2 Å². The summed E-state index contributed by atoms with van der Waals surface area (Å²) in [5.74, 6) is -3.53. The standard InChI is InChI=1S/C60H88N2O20/c1-12-60(70)26-41(79-46-24-34(61(8)9)57(31(6)75-46)80-44-22-18-39(29(4)73-44)77-42-20-16-36(63)27(2)71-42)49-52(56(69)50-51(55(49)68)54(67)48-33(53(50)66)14-13-15-38(48)65)59(60)82-47-25-35(62(10)11)58(32(7)76-47)81-45-23-19-40(30(5)74-45)78-43-21-17-37(64)28(3)72-43/h13-15,27-32,34-37,39-47,57-59,63-65,68-70H,12,16-26H2,1-11H3/t27?,28?,29?,30?,31?,32?,34?,35?,36?,37?,39?,40?,41-,42?,43?,44?,45?,46?,47?,57?,58?,59+,60+/m0/s1. The third-order valence-corrected chi connectivity index (χ3v) is 18.6. The van der Waals surface area contributed by atoms with Gasteiger partial charge in [0, 0.05) is 73.7 Å². The number of aliphatic hydroxyl groups is 3. The highest BCUT2D eigenvalue weighted by molar-refractivity contribution is 6.31. The van der Waals surface area contributed by atoms with Gasteiger partial charge in [0.05, 0.1) is 89.4 Å². The van der Waals surface area contributed by atoms with Crippen LogP contribution in [0.5, 0.6) is 17.2 Å². The number of phenols is 3. The number of aliphatic hydroxyl groups excluding tert-OH is 2. The average Bonchev–Trinajstić information content (AvgIpc) is 3.62. The Balaban J connectivity index is 0.885. The zero-order valence-corrected chi connectivity index (χ0v) is 49.2. The first kappa shape index (κ1) is 61.6. The van der Waals surface area contributed by atoms with E-state index in [0.717, 1.165) is 0 Å². The number of phenolic OH excluding ortho intramolecular Hbond substituents is 3. The van der Waals surface area contributed by atoms with Crippen LogP contribution < -0.4 is 0 Å². The van der Waals surface area contributed by atoms with Gasteiger partial charge in [-0.3, -0.25) is 9.59 Å². The second kappa shape index (κ2) is 25.1. The quantitative estimate of drug-likeness (QED) is 0.0992. The molecule has 0 radical (unpaired) electrons. The minimum absolute atomic E-state index is 0.0402. The molecule has 0 spiro atoms. The Labute approximate surface area is 480 Å². The molecule has 2 aliphatic carbocycles. The number of rotatable bonds is 15. The molecule has 0 amide bonds. The summed E-state index contributed by atoms with van der Waals surface area (Å²) < 4.78 is 77.8. The number of carbonyl (C=O) groups excluding carboxylic acids is 2. The third-order valence-electron chi connectivity index (χ3n) is 18.6. The number of carbonyl (C=O) groups is 2. The highest BCUT2D eigenvalue weighted by atomic mass is 16.8. The van der Waals surface area contributed by atoms with Crippen molar-refractivity contribution in [2.24, 2.45) is 0 Å². The first-order valence-electron chi connectivity index (χ1n) is 29.7. The second-order valence-corrected chi connectivity index (χ2v) is 24.6. The monoisotopic (exact) mass is 1160 g/mol. The molecule has 6 saturated heterocycles. The van der Waals surface area contributed by atoms with Crippen LogP contribution >= 0.6 is 0 Å². The number of likely N-dealkylation sites (N-methyl/N-ethyl adjacent to an activating group) is 2. The molecule has 0 saturated carbocycles. The van der Waals surface area contributed by atoms with Crippen molar-refractivity contribution < 1.29 is 97.1 Å². The van der Waals surface area contributed by atoms with Crippen LogP contribution in [-0.2, 0) is 56.8 Å².